The third-order valence-electron chi connectivity index (χ3n) is 5.33. The summed E-state index contributed by atoms with van der Waals surface area (Å²) in [7, 11) is 1.83. The van der Waals surface area contributed by atoms with Crippen molar-refractivity contribution < 1.29 is 9.47 Å². The van der Waals surface area contributed by atoms with Gasteiger partial charge in [-0.2, -0.15) is 0 Å². The first-order chi connectivity index (χ1) is 8.74. The van der Waals surface area contributed by atoms with Crippen LogP contribution < -0.4 is 5.73 Å². The Bertz CT molecular complexity index is 284. The fourth-order valence-corrected chi connectivity index (χ4v) is 4.12. The molecule has 3 fully saturated rings. The van der Waals surface area contributed by atoms with Crippen LogP contribution in [-0.2, 0) is 9.47 Å². The number of ether oxygens (including phenoxy) is 2. The molecular formula is C15H27NO2. The normalized spacial score (nSPS) is 34.7. The molecule has 3 atom stereocenters. The van der Waals surface area contributed by atoms with Crippen molar-refractivity contribution in [2.45, 2.75) is 69.1 Å². The fourth-order valence-electron chi connectivity index (χ4n) is 4.12. The first-order valence-corrected chi connectivity index (χ1v) is 7.66. The van der Waals surface area contributed by atoms with Crippen LogP contribution in [0.15, 0.2) is 0 Å². The predicted octanol–water partition coefficient (Wildman–Crippen LogP) is 2.48. The molecule has 2 aliphatic carbocycles. The molecule has 3 unspecified atom stereocenters. The quantitative estimate of drug-likeness (QED) is 0.837. The third kappa shape index (κ3) is 2.45. The van der Waals surface area contributed by atoms with Crippen molar-refractivity contribution in [3.63, 3.8) is 0 Å². The van der Waals surface area contributed by atoms with Gasteiger partial charge in [-0.3, -0.25) is 0 Å². The van der Waals surface area contributed by atoms with Gasteiger partial charge < -0.3 is 15.2 Å². The van der Waals surface area contributed by atoms with Crippen molar-refractivity contribution in [2.75, 3.05) is 13.7 Å². The zero-order valence-electron chi connectivity index (χ0n) is 11.6. The molecule has 3 rings (SSSR count). The summed E-state index contributed by atoms with van der Waals surface area (Å²) in [4.78, 5) is 0. The highest BCUT2D eigenvalue weighted by Crippen LogP contribution is 2.45. The van der Waals surface area contributed by atoms with Crippen molar-refractivity contribution in [1.82, 2.24) is 0 Å². The van der Waals surface area contributed by atoms with Crippen LogP contribution in [0.1, 0.15) is 51.4 Å². The lowest BCUT2D eigenvalue weighted by Crippen LogP contribution is -2.49. The second-order valence-electron chi connectivity index (χ2n) is 6.61. The minimum absolute atomic E-state index is 0.183. The minimum Gasteiger partial charge on any atom is -0.380 e. The Kier molecular flexibility index (Phi) is 3.65. The Morgan fingerprint density at radius 1 is 1.17 bits per heavy atom. The van der Waals surface area contributed by atoms with Crippen LogP contribution in [0.4, 0.5) is 0 Å². The molecule has 0 aromatic carbocycles. The Morgan fingerprint density at radius 3 is 2.50 bits per heavy atom. The van der Waals surface area contributed by atoms with Crippen LogP contribution in [-0.4, -0.2) is 31.5 Å². The van der Waals surface area contributed by atoms with E-state index < -0.39 is 0 Å². The van der Waals surface area contributed by atoms with Gasteiger partial charge in [0.05, 0.1) is 11.7 Å². The third-order valence-corrected chi connectivity index (χ3v) is 5.33. The van der Waals surface area contributed by atoms with Gasteiger partial charge in [-0.05, 0) is 50.4 Å². The van der Waals surface area contributed by atoms with Crippen LogP contribution in [0.3, 0.4) is 0 Å². The van der Waals surface area contributed by atoms with E-state index in [4.69, 9.17) is 15.2 Å². The molecule has 1 spiro atoms. The smallest absolute Gasteiger partial charge is 0.0752 e. The Balaban J connectivity index is 1.63. The zero-order valence-corrected chi connectivity index (χ0v) is 11.6. The van der Waals surface area contributed by atoms with Crippen LogP contribution >= 0.6 is 0 Å². The van der Waals surface area contributed by atoms with Gasteiger partial charge >= 0.3 is 0 Å². The summed E-state index contributed by atoms with van der Waals surface area (Å²) in [6.45, 7) is 0.902. The van der Waals surface area contributed by atoms with Crippen molar-refractivity contribution in [3.8, 4) is 0 Å². The molecule has 0 amide bonds. The van der Waals surface area contributed by atoms with Crippen molar-refractivity contribution in [2.24, 2.45) is 17.6 Å². The van der Waals surface area contributed by atoms with Gasteiger partial charge in [0.25, 0.3) is 0 Å². The average Bonchev–Trinajstić information content (AvgIpc) is 3.13. The summed E-state index contributed by atoms with van der Waals surface area (Å²) in [6.07, 6.45) is 10.3. The van der Waals surface area contributed by atoms with Gasteiger partial charge in [0, 0.05) is 19.8 Å². The molecule has 0 radical (unpaired) electrons. The van der Waals surface area contributed by atoms with E-state index >= 15 is 0 Å². The van der Waals surface area contributed by atoms with E-state index in [-0.39, 0.29) is 17.7 Å². The molecule has 2 saturated carbocycles. The van der Waals surface area contributed by atoms with Crippen molar-refractivity contribution in [3.05, 3.63) is 0 Å². The standard InChI is InChI=1S/C15H27NO2/c1-17-14(11-4-5-11)13(16)12-6-9-18-15(10-12)7-2-3-8-15/h11-14H,2-10,16H2,1H3. The number of hydrogen-bond donors (Lipinski definition) is 1. The van der Waals surface area contributed by atoms with Gasteiger partial charge in [-0.25, -0.2) is 0 Å². The number of methoxy groups -OCH3 is 1. The highest BCUT2D eigenvalue weighted by atomic mass is 16.5. The maximum Gasteiger partial charge on any atom is 0.0752 e. The zero-order chi connectivity index (χ0) is 12.6. The van der Waals surface area contributed by atoms with Crippen LogP contribution in [0, 0.1) is 11.8 Å². The van der Waals surface area contributed by atoms with Gasteiger partial charge in [0.1, 0.15) is 0 Å². The lowest BCUT2D eigenvalue weighted by atomic mass is 9.78. The molecule has 1 aliphatic heterocycles. The van der Waals surface area contributed by atoms with Crippen molar-refractivity contribution >= 4 is 0 Å². The predicted molar refractivity (Wildman–Crippen MR) is 71.4 cm³/mol. The van der Waals surface area contributed by atoms with E-state index in [2.05, 4.69) is 0 Å². The molecule has 104 valence electrons. The largest absolute Gasteiger partial charge is 0.380 e. The minimum atomic E-state index is 0.183. The first kappa shape index (κ1) is 12.9. The van der Waals surface area contributed by atoms with Gasteiger partial charge in [-0.15, -0.1) is 0 Å². The molecule has 18 heavy (non-hydrogen) atoms. The second-order valence-corrected chi connectivity index (χ2v) is 6.61. The SMILES string of the molecule is COC(C1CC1)C(N)C1CCOC2(CCCC2)C1. The maximum absolute atomic E-state index is 6.51. The van der Waals surface area contributed by atoms with Crippen LogP contribution in [0.25, 0.3) is 0 Å². The number of rotatable bonds is 4. The summed E-state index contributed by atoms with van der Waals surface area (Å²) in [5.41, 5.74) is 6.70. The summed E-state index contributed by atoms with van der Waals surface area (Å²) >= 11 is 0. The average molecular weight is 253 g/mol. The second kappa shape index (κ2) is 5.10. The van der Waals surface area contributed by atoms with Crippen LogP contribution in [0.5, 0.6) is 0 Å². The topological polar surface area (TPSA) is 44.5 Å². The van der Waals surface area contributed by atoms with Crippen molar-refractivity contribution in [1.29, 1.82) is 0 Å². The summed E-state index contributed by atoms with van der Waals surface area (Å²) in [5.74, 6) is 1.33. The van der Waals surface area contributed by atoms with E-state index in [0.29, 0.717) is 5.92 Å². The fraction of sp³-hybridized carbons (Fsp3) is 1.00. The summed E-state index contributed by atoms with van der Waals surface area (Å²) < 4.78 is 11.8. The lowest BCUT2D eigenvalue weighted by Gasteiger charge is -2.42. The molecular weight excluding hydrogens is 226 g/mol. The molecule has 3 nitrogen and oxygen atoms in total. The summed E-state index contributed by atoms with van der Waals surface area (Å²) in [5, 5.41) is 0. The highest BCUT2D eigenvalue weighted by Gasteiger charge is 2.45. The molecule has 1 saturated heterocycles. The monoisotopic (exact) mass is 253 g/mol. The highest BCUT2D eigenvalue weighted by molar-refractivity contribution is 4.98. The molecule has 0 aromatic rings. The van der Waals surface area contributed by atoms with E-state index in [1.807, 2.05) is 7.11 Å². The Labute approximate surface area is 110 Å². The molecule has 0 bridgehead atoms. The maximum atomic E-state index is 6.51. The molecule has 3 heteroatoms. The molecule has 3 aliphatic rings. The summed E-state index contributed by atoms with van der Waals surface area (Å²) in [6, 6.07) is 0.212. The lowest BCUT2D eigenvalue weighted by molar-refractivity contribution is -0.105. The Hall–Kier alpha value is -0.120. The Morgan fingerprint density at radius 2 is 1.89 bits per heavy atom. The van der Waals surface area contributed by atoms with Crippen LogP contribution in [0.2, 0.25) is 0 Å². The molecule has 2 N–H and O–H groups in total. The van der Waals surface area contributed by atoms with E-state index in [1.165, 1.54) is 44.9 Å². The van der Waals surface area contributed by atoms with Gasteiger partial charge in [-0.1, -0.05) is 12.8 Å². The molecule has 1 heterocycles. The molecule has 0 aromatic heterocycles. The van der Waals surface area contributed by atoms with E-state index in [0.717, 1.165) is 18.9 Å². The van der Waals surface area contributed by atoms with E-state index in [9.17, 15) is 0 Å². The number of hydrogen-bond acceptors (Lipinski definition) is 3. The van der Waals surface area contributed by atoms with E-state index in [1.54, 1.807) is 0 Å². The first-order valence-electron chi connectivity index (χ1n) is 7.66. The number of nitrogens with two attached hydrogens (primary N) is 1. The van der Waals surface area contributed by atoms with Gasteiger partial charge in [0.2, 0.25) is 0 Å². The van der Waals surface area contributed by atoms with Gasteiger partial charge in [0.15, 0.2) is 0 Å².